The molecule has 2 aromatic rings. The first kappa shape index (κ1) is 18.9. The smallest absolute Gasteiger partial charge is 0.229 e. The fourth-order valence-electron chi connectivity index (χ4n) is 2.63. The molecule has 0 bridgehead atoms. The van der Waals surface area contributed by atoms with Gasteiger partial charge in [0.25, 0.3) is 0 Å². The maximum absolute atomic E-state index is 12.0. The van der Waals surface area contributed by atoms with Crippen molar-refractivity contribution in [3.8, 4) is 0 Å². The Morgan fingerprint density at radius 1 is 0.917 bits per heavy atom. The second-order valence-corrected chi connectivity index (χ2v) is 6.54. The summed E-state index contributed by atoms with van der Waals surface area (Å²) in [6, 6.07) is 14.9. The molecule has 3 nitrogen and oxygen atoms in total. The molecule has 0 aromatic heterocycles. The topological polar surface area (TPSA) is 46.3 Å². The third kappa shape index (κ3) is 4.79. The van der Waals surface area contributed by atoms with Crippen LogP contribution in [0, 0.1) is 0 Å². The van der Waals surface area contributed by atoms with Crippen LogP contribution in [0.4, 0.5) is 5.69 Å². The summed E-state index contributed by atoms with van der Waals surface area (Å²) in [4.78, 5) is 14.1. The maximum Gasteiger partial charge on any atom is 0.229 e. The summed E-state index contributed by atoms with van der Waals surface area (Å²) < 4.78 is 0. The highest BCUT2D eigenvalue weighted by Gasteiger charge is 2.20. The number of rotatable bonds is 8. The molecule has 2 aromatic carbocycles. The van der Waals surface area contributed by atoms with E-state index >= 15 is 0 Å². The van der Waals surface area contributed by atoms with Gasteiger partial charge in [-0.2, -0.15) is 0 Å². The number of nitrogens with zero attached hydrogens (tertiary/aromatic N) is 1. The number of primary amides is 1. The van der Waals surface area contributed by atoms with Gasteiger partial charge in [0.2, 0.25) is 5.91 Å². The standard InChI is InChI=1S/C18H19Cl3N2O/c19-9-11-23(12-10-20)16-7-3-14(4-8-16)17(18(22)24)13-1-5-15(21)6-2-13/h1-8,17H,9-12H2,(H2,22,24)/t17-/m0/s1. The zero-order chi connectivity index (χ0) is 17.5. The molecule has 0 aliphatic rings. The van der Waals surface area contributed by atoms with Crippen molar-refractivity contribution < 1.29 is 4.79 Å². The molecule has 0 radical (unpaired) electrons. The van der Waals surface area contributed by atoms with Crippen molar-refractivity contribution in [3.05, 3.63) is 64.7 Å². The summed E-state index contributed by atoms with van der Waals surface area (Å²) >= 11 is 17.6. The molecule has 0 saturated heterocycles. The summed E-state index contributed by atoms with van der Waals surface area (Å²) in [6.45, 7) is 1.42. The summed E-state index contributed by atoms with van der Waals surface area (Å²) in [6.07, 6.45) is 0. The average molecular weight is 386 g/mol. The molecule has 128 valence electrons. The van der Waals surface area contributed by atoms with E-state index in [-0.39, 0.29) is 0 Å². The van der Waals surface area contributed by atoms with E-state index in [1.54, 1.807) is 12.1 Å². The van der Waals surface area contributed by atoms with Gasteiger partial charge in [0.05, 0.1) is 5.92 Å². The van der Waals surface area contributed by atoms with Gasteiger partial charge in [0.1, 0.15) is 0 Å². The lowest BCUT2D eigenvalue weighted by Crippen LogP contribution is -2.27. The van der Waals surface area contributed by atoms with Gasteiger partial charge in [-0.05, 0) is 35.4 Å². The van der Waals surface area contributed by atoms with Crippen LogP contribution in [0.2, 0.25) is 5.02 Å². The molecule has 0 fully saturated rings. The van der Waals surface area contributed by atoms with Crippen molar-refractivity contribution >= 4 is 46.4 Å². The Kier molecular flexibility index (Phi) is 7.22. The van der Waals surface area contributed by atoms with Crippen LogP contribution >= 0.6 is 34.8 Å². The van der Waals surface area contributed by atoms with Crippen molar-refractivity contribution in [1.29, 1.82) is 0 Å². The van der Waals surface area contributed by atoms with Crippen LogP contribution in [0.15, 0.2) is 48.5 Å². The number of halogens is 3. The molecular formula is C18H19Cl3N2O. The minimum Gasteiger partial charge on any atom is -0.369 e. The van der Waals surface area contributed by atoms with Gasteiger partial charge < -0.3 is 10.6 Å². The van der Waals surface area contributed by atoms with Gasteiger partial charge in [-0.25, -0.2) is 0 Å². The molecule has 6 heteroatoms. The maximum atomic E-state index is 12.0. The lowest BCUT2D eigenvalue weighted by atomic mass is 9.90. The van der Waals surface area contributed by atoms with Gasteiger partial charge in [0, 0.05) is 35.6 Å². The van der Waals surface area contributed by atoms with E-state index in [4.69, 9.17) is 40.5 Å². The van der Waals surface area contributed by atoms with Crippen molar-refractivity contribution in [1.82, 2.24) is 0 Å². The molecule has 0 saturated carbocycles. The summed E-state index contributed by atoms with van der Waals surface area (Å²) in [7, 11) is 0. The Balaban J connectivity index is 2.28. The number of hydrogen-bond donors (Lipinski definition) is 1. The Morgan fingerprint density at radius 3 is 1.79 bits per heavy atom. The molecule has 24 heavy (non-hydrogen) atoms. The minimum atomic E-state index is -0.508. The number of alkyl halides is 2. The van der Waals surface area contributed by atoms with Crippen LogP contribution < -0.4 is 10.6 Å². The number of amides is 1. The normalized spacial score (nSPS) is 12.0. The molecular weight excluding hydrogens is 367 g/mol. The lowest BCUT2D eigenvalue weighted by Gasteiger charge is -2.23. The van der Waals surface area contributed by atoms with Crippen molar-refractivity contribution in [2.45, 2.75) is 5.92 Å². The Hall–Kier alpha value is -1.42. The second-order valence-electron chi connectivity index (χ2n) is 5.34. The first-order valence-corrected chi connectivity index (χ1v) is 9.03. The minimum absolute atomic E-state index is 0.400. The van der Waals surface area contributed by atoms with Gasteiger partial charge in [-0.3, -0.25) is 4.79 Å². The van der Waals surface area contributed by atoms with Gasteiger partial charge in [-0.15, -0.1) is 23.2 Å². The predicted molar refractivity (Wildman–Crippen MR) is 103 cm³/mol. The largest absolute Gasteiger partial charge is 0.369 e. The Bertz CT molecular complexity index is 653. The van der Waals surface area contributed by atoms with E-state index < -0.39 is 11.8 Å². The summed E-state index contributed by atoms with van der Waals surface area (Å²) in [5.41, 5.74) is 8.28. The number of hydrogen-bond acceptors (Lipinski definition) is 2. The van der Waals surface area contributed by atoms with Crippen molar-refractivity contribution in [3.63, 3.8) is 0 Å². The Morgan fingerprint density at radius 2 is 1.38 bits per heavy atom. The molecule has 0 spiro atoms. The molecule has 1 amide bonds. The average Bonchev–Trinajstić information content (AvgIpc) is 2.57. The molecule has 0 aliphatic heterocycles. The van der Waals surface area contributed by atoms with Crippen LogP contribution in [0.3, 0.4) is 0 Å². The zero-order valence-corrected chi connectivity index (χ0v) is 15.4. The van der Waals surface area contributed by atoms with Crippen LogP contribution in [0.25, 0.3) is 0 Å². The fourth-order valence-corrected chi connectivity index (χ4v) is 3.16. The quantitative estimate of drug-likeness (QED) is 0.691. The van der Waals surface area contributed by atoms with E-state index in [1.165, 1.54) is 0 Å². The van der Waals surface area contributed by atoms with E-state index in [2.05, 4.69) is 4.90 Å². The van der Waals surface area contributed by atoms with Gasteiger partial charge >= 0.3 is 0 Å². The lowest BCUT2D eigenvalue weighted by molar-refractivity contribution is -0.118. The highest BCUT2D eigenvalue weighted by Crippen LogP contribution is 2.27. The zero-order valence-electron chi connectivity index (χ0n) is 13.1. The number of anilines is 1. The summed E-state index contributed by atoms with van der Waals surface area (Å²) in [5.74, 6) is 0.134. The summed E-state index contributed by atoms with van der Waals surface area (Å²) in [5, 5.41) is 0.620. The third-order valence-corrected chi connectivity index (χ3v) is 4.38. The number of carbonyl (C=O) groups excluding carboxylic acids is 1. The Labute approximate surface area is 157 Å². The molecule has 1 atom stereocenters. The highest BCUT2D eigenvalue weighted by molar-refractivity contribution is 6.30. The van der Waals surface area contributed by atoms with Gasteiger partial charge in [0.15, 0.2) is 0 Å². The molecule has 2 N–H and O–H groups in total. The van der Waals surface area contributed by atoms with Crippen LogP contribution in [0.1, 0.15) is 17.0 Å². The first-order valence-electron chi connectivity index (χ1n) is 7.58. The van der Waals surface area contributed by atoms with E-state index in [9.17, 15) is 4.79 Å². The van der Waals surface area contributed by atoms with E-state index in [1.807, 2.05) is 36.4 Å². The molecule has 2 rings (SSSR count). The molecule has 0 unspecified atom stereocenters. The number of benzene rings is 2. The highest BCUT2D eigenvalue weighted by atomic mass is 35.5. The van der Waals surface area contributed by atoms with Crippen molar-refractivity contribution in [2.24, 2.45) is 5.73 Å². The number of carbonyl (C=O) groups is 1. The first-order chi connectivity index (χ1) is 11.6. The molecule has 0 aliphatic carbocycles. The predicted octanol–water partition coefficient (Wildman–Crippen LogP) is 4.24. The third-order valence-electron chi connectivity index (χ3n) is 3.79. The SMILES string of the molecule is NC(=O)[C@@H](c1ccc(Cl)cc1)c1ccc(N(CCCl)CCCl)cc1. The van der Waals surface area contributed by atoms with E-state index in [0.29, 0.717) is 29.9 Å². The van der Waals surface area contributed by atoms with Crippen LogP contribution in [0.5, 0.6) is 0 Å². The van der Waals surface area contributed by atoms with E-state index in [0.717, 1.165) is 16.8 Å². The fraction of sp³-hybridized carbons (Fsp3) is 0.278. The van der Waals surface area contributed by atoms with Crippen LogP contribution in [-0.2, 0) is 4.79 Å². The van der Waals surface area contributed by atoms with Gasteiger partial charge in [-0.1, -0.05) is 35.9 Å². The van der Waals surface area contributed by atoms with Crippen molar-refractivity contribution in [2.75, 3.05) is 29.7 Å². The molecule has 0 heterocycles. The van der Waals surface area contributed by atoms with Crippen LogP contribution in [-0.4, -0.2) is 30.8 Å². The monoisotopic (exact) mass is 384 g/mol. The number of nitrogens with two attached hydrogens (primary N) is 1. The second kappa shape index (κ2) is 9.16.